The van der Waals surface area contributed by atoms with Gasteiger partial charge in [0.2, 0.25) is 0 Å². The predicted molar refractivity (Wildman–Crippen MR) is 197 cm³/mol. The average Bonchev–Trinajstić information content (AvgIpc) is 3.11. The topological polar surface area (TPSA) is 12.9 Å². The van der Waals surface area contributed by atoms with E-state index < -0.39 is 0 Å². The van der Waals surface area contributed by atoms with Gasteiger partial charge in [0.05, 0.1) is 0 Å². The first kappa shape index (κ1) is 28.0. The number of pyridine rings is 1. The molecule has 0 spiro atoms. The lowest BCUT2D eigenvalue weighted by atomic mass is 9.85. The van der Waals surface area contributed by atoms with Gasteiger partial charge in [-0.2, -0.15) is 0 Å². The van der Waals surface area contributed by atoms with Gasteiger partial charge in [-0.3, -0.25) is 4.98 Å². The van der Waals surface area contributed by atoms with Crippen LogP contribution in [-0.2, 0) is 6.42 Å². The molecule has 0 saturated carbocycles. The molecule has 7 aromatic carbocycles. The number of aromatic nitrogens is 1. The van der Waals surface area contributed by atoms with Gasteiger partial charge in [0.25, 0.3) is 0 Å². The molecule has 8 rings (SSSR count). The Morgan fingerprint density at radius 2 is 0.978 bits per heavy atom. The lowest BCUT2D eigenvalue weighted by Crippen LogP contribution is -1.92. The molecule has 8 aromatic rings. The minimum Gasteiger partial charge on any atom is -0.265 e. The molecule has 1 heterocycles. The summed E-state index contributed by atoms with van der Waals surface area (Å²) in [6.45, 7) is 4.47. The Morgan fingerprint density at radius 1 is 0.435 bits per heavy atom. The Balaban J connectivity index is 1.29. The van der Waals surface area contributed by atoms with Crippen molar-refractivity contribution in [2.24, 2.45) is 0 Å². The zero-order chi connectivity index (χ0) is 31.0. The first-order valence-electron chi connectivity index (χ1n) is 16.3. The predicted octanol–water partition coefficient (Wildman–Crippen LogP) is 12.5. The van der Waals surface area contributed by atoms with E-state index in [0.717, 1.165) is 12.8 Å². The largest absolute Gasteiger partial charge is 0.265 e. The molecule has 0 amide bonds. The van der Waals surface area contributed by atoms with Gasteiger partial charge in [0.1, 0.15) is 0 Å². The molecule has 0 bridgehead atoms. The molecule has 1 aromatic heterocycles. The van der Waals surface area contributed by atoms with Crippen molar-refractivity contribution in [3.8, 4) is 44.5 Å². The molecule has 1 heteroatoms. The molecule has 0 saturated heterocycles. The zero-order valence-electron chi connectivity index (χ0n) is 26.3. The molecule has 0 aliphatic heterocycles. The Morgan fingerprint density at radius 3 is 1.59 bits per heavy atom. The van der Waals surface area contributed by atoms with E-state index in [1.54, 1.807) is 0 Å². The lowest BCUT2D eigenvalue weighted by molar-refractivity contribution is 0.928. The summed E-state index contributed by atoms with van der Waals surface area (Å²) < 4.78 is 0. The van der Waals surface area contributed by atoms with Gasteiger partial charge < -0.3 is 0 Å². The van der Waals surface area contributed by atoms with Crippen LogP contribution in [-0.4, -0.2) is 4.98 Å². The van der Waals surface area contributed by atoms with Crippen molar-refractivity contribution < 1.29 is 0 Å². The van der Waals surface area contributed by atoms with Crippen molar-refractivity contribution in [2.45, 2.75) is 26.7 Å². The van der Waals surface area contributed by atoms with Crippen LogP contribution in [0.3, 0.4) is 0 Å². The summed E-state index contributed by atoms with van der Waals surface area (Å²) in [6.07, 6.45) is 5.92. The van der Waals surface area contributed by atoms with Crippen molar-refractivity contribution >= 4 is 32.3 Å². The van der Waals surface area contributed by atoms with Gasteiger partial charge in [-0.25, -0.2) is 0 Å². The maximum Gasteiger partial charge on any atom is 0.0273 e. The van der Waals surface area contributed by atoms with Crippen LogP contribution in [0.5, 0.6) is 0 Å². The summed E-state index contributed by atoms with van der Waals surface area (Å²) in [7, 11) is 0. The third kappa shape index (κ3) is 4.95. The molecular formula is C45H35N. The Kier molecular flexibility index (Phi) is 7.15. The summed E-state index contributed by atoms with van der Waals surface area (Å²) in [5, 5.41) is 7.82. The SMILES string of the molecule is CCCc1cc(C)cc2ccc(-c3c4ccccc4c(-c4ccc(-c5cccc(-c6ccncc6)c5)cc4)c4ccccc34)cc12. The average molecular weight is 590 g/mol. The second-order valence-corrected chi connectivity index (χ2v) is 12.3. The van der Waals surface area contributed by atoms with Gasteiger partial charge in [-0.15, -0.1) is 0 Å². The molecule has 0 radical (unpaired) electrons. The Bertz CT molecular complexity index is 2310. The Hall–Kier alpha value is -5.53. The molecule has 0 N–H and O–H groups in total. The second kappa shape index (κ2) is 11.8. The number of rotatable bonds is 6. The molecule has 46 heavy (non-hydrogen) atoms. The van der Waals surface area contributed by atoms with E-state index in [9.17, 15) is 0 Å². The molecule has 220 valence electrons. The highest BCUT2D eigenvalue weighted by Gasteiger charge is 2.17. The van der Waals surface area contributed by atoms with E-state index >= 15 is 0 Å². The number of fused-ring (bicyclic) bond motifs is 3. The second-order valence-electron chi connectivity index (χ2n) is 12.3. The minimum absolute atomic E-state index is 1.09. The van der Waals surface area contributed by atoms with Crippen molar-refractivity contribution in [3.05, 3.63) is 163 Å². The summed E-state index contributed by atoms with van der Waals surface area (Å²) in [4.78, 5) is 4.18. The molecule has 0 aliphatic carbocycles. The highest BCUT2D eigenvalue weighted by atomic mass is 14.6. The van der Waals surface area contributed by atoms with Crippen molar-refractivity contribution in [1.82, 2.24) is 4.98 Å². The quantitative estimate of drug-likeness (QED) is 0.176. The van der Waals surface area contributed by atoms with Crippen LogP contribution < -0.4 is 0 Å². The fraction of sp³-hybridized carbons (Fsp3) is 0.0889. The summed E-state index contributed by atoms with van der Waals surface area (Å²) in [6, 6.07) is 51.6. The van der Waals surface area contributed by atoms with Crippen LogP contribution in [0.15, 0.2) is 152 Å². The van der Waals surface area contributed by atoms with Gasteiger partial charge in [0.15, 0.2) is 0 Å². The third-order valence-electron chi connectivity index (χ3n) is 9.31. The first-order chi connectivity index (χ1) is 22.7. The zero-order valence-corrected chi connectivity index (χ0v) is 26.3. The maximum absolute atomic E-state index is 4.18. The van der Waals surface area contributed by atoms with E-state index in [2.05, 4.69) is 158 Å². The molecule has 0 aliphatic rings. The van der Waals surface area contributed by atoms with Crippen LogP contribution in [0.4, 0.5) is 0 Å². The van der Waals surface area contributed by atoms with Crippen molar-refractivity contribution in [2.75, 3.05) is 0 Å². The smallest absolute Gasteiger partial charge is 0.0273 e. The van der Waals surface area contributed by atoms with Crippen LogP contribution in [0.25, 0.3) is 76.8 Å². The summed E-state index contributed by atoms with van der Waals surface area (Å²) in [5.41, 5.74) is 12.7. The standard InChI is InChI=1S/C45H35N/c1-3-9-36-26-30(2)27-37-20-21-38(29-43(36)37)45-41-14-6-4-12-39(41)44(40-13-5-7-15-42(40)45)33-18-16-31(17-19-33)34-10-8-11-35(28-34)32-22-24-46-25-23-32/h4-8,10-29H,3,9H2,1-2H3. The lowest BCUT2D eigenvalue weighted by Gasteiger charge is -2.19. The molecule has 1 nitrogen and oxygen atoms in total. The molecule has 0 fully saturated rings. The van der Waals surface area contributed by atoms with E-state index in [1.807, 2.05) is 12.4 Å². The number of hydrogen-bond acceptors (Lipinski definition) is 1. The Labute approximate surface area is 270 Å². The highest BCUT2D eigenvalue weighted by molar-refractivity contribution is 6.21. The number of aryl methyl sites for hydroxylation is 2. The summed E-state index contributed by atoms with van der Waals surface area (Å²) in [5.74, 6) is 0. The van der Waals surface area contributed by atoms with Gasteiger partial charge >= 0.3 is 0 Å². The van der Waals surface area contributed by atoms with E-state index in [1.165, 1.54) is 88.0 Å². The van der Waals surface area contributed by atoms with Crippen molar-refractivity contribution in [3.63, 3.8) is 0 Å². The van der Waals surface area contributed by atoms with Gasteiger partial charge in [-0.05, 0) is 120 Å². The van der Waals surface area contributed by atoms with Crippen LogP contribution >= 0.6 is 0 Å². The van der Waals surface area contributed by atoms with Crippen molar-refractivity contribution in [1.29, 1.82) is 0 Å². The maximum atomic E-state index is 4.18. The van der Waals surface area contributed by atoms with Crippen LogP contribution in [0.1, 0.15) is 24.5 Å². The fourth-order valence-electron chi connectivity index (χ4n) is 7.23. The normalized spacial score (nSPS) is 11.4. The highest BCUT2D eigenvalue weighted by Crippen LogP contribution is 2.44. The molecule has 0 unspecified atom stereocenters. The number of benzene rings is 7. The number of hydrogen-bond donors (Lipinski definition) is 0. The minimum atomic E-state index is 1.09. The van der Waals surface area contributed by atoms with Gasteiger partial charge in [-0.1, -0.05) is 134 Å². The monoisotopic (exact) mass is 589 g/mol. The van der Waals surface area contributed by atoms with E-state index in [0.29, 0.717) is 0 Å². The third-order valence-corrected chi connectivity index (χ3v) is 9.31. The first-order valence-corrected chi connectivity index (χ1v) is 16.3. The van der Waals surface area contributed by atoms with Gasteiger partial charge in [0, 0.05) is 12.4 Å². The van der Waals surface area contributed by atoms with E-state index in [4.69, 9.17) is 0 Å². The van der Waals surface area contributed by atoms with Crippen LogP contribution in [0, 0.1) is 6.92 Å². The van der Waals surface area contributed by atoms with E-state index in [-0.39, 0.29) is 0 Å². The van der Waals surface area contributed by atoms with Crippen LogP contribution in [0.2, 0.25) is 0 Å². The molecule has 0 atom stereocenters. The summed E-state index contributed by atoms with van der Waals surface area (Å²) >= 11 is 0. The fourth-order valence-corrected chi connectivity index (χ4v) is 7.23. The number of nitrogens with zero attached hydrogens (tertiary/aromatic N) is 1. The molecular weight excluding hydrogens is 555 g/mol.